The first kappa shape index (κ1) is 18.9. The zero-order valence-corrected chi connectivity index (χ0v) is 14.9. The van der Waals surface area contributed by atoms with Gasteiger partial charge in [0.05, 0.1) is 11.5 Å². The van der Waals surface area contributed by atoms with E-state index in [2.05, 4.69) is 23.3 Å². The third-order valence-corrected chi connectivity index (χ3v) is 4.04. The number of hydrogen-bond donors (Lipinski definition) is 2. The molecule has 0 aromatic heterocycles. The van der Waals surface area contributed by atoms with Gasteiger partial charge < -0.3 is 10.6 Å². The maximum absolute atomic E-state index is 12.6. The van der Waals surface area contributed by atoms with Gasteiger partial charge >= 0.3 is 0 Å². The predicted octanol–water partition coefficient (Wildman–Crippen LogP) is 3.54. The number of carbonyl (C=O) groups excluding carboxylic acids is 2. The fraction of sp³-hybridized carbons (Fsp3) is 0.190. The standard InChI is InChI=1S/C21H21N3O2/c1-4-19(25)23-13-15-7-5-6-8-18(15)20(26)24-17-11-9-16(10-12-17)21(2,3)14-22/h4-12H,1,13H2,2-3H3,(H,23,25)(H,24,26). The lowest BCUT2D eigenvalue weighted by molar-refractivity contribution is -0.116. The van der Waals surface area contributed by atoms with Crippen molar-refractivity contribution in [2.24, 2.45) is 0 Å². The van der Waals surface area contributed by atoms with Gasteiger partial charge in [0.1, 0.15) is 0 Å². The molecular formula is C21H21N3O2. The summed E-state index contributed by atoms with van der Waals surface area (Å²) >= 11 is 0. The highest BCUT2D eigenvalue weighted by molar-refractivity contribution is 6.05. The number of carbonyl (C=O) groups is 2. The Labute approximate surface area is 153 Å². The van der Waals surface area contributed by atoms with Crippen molar-refractivity contribution < 1.29 is 9.59 Å². The van der Waals surface area contributed by atoms with Gasteiger partial charge in [-0.3, -0.25) is 9.59 Å². The summed E-state index contributed by atoms with van der Waals surface area (Å²) in [6.45, 7) is 7.33. The average Bonchev–Trinajstić information content (AvgIpc) is 2.66. The van der Waals surface area contributed by atoms with E-state index in [4.69, 9.17) is 0 Å². The van der Waals surface area contributed by atoms with E-state index in [1.807, 2.05) is 32.0 Å². The third kappa shape index (κ3) is 4.58. The number of hydrogen-bond acceptors (Lipinski definition) is 3. The quantitative estimate of drug-likeness (QED) is 0.784. The Morgan fingerprint density at radius 2 is 1.81 bits per heavy atom. The Hall–Kier alpha value is -3.39. The van der Waals surface area contributed by atoms with Crippen molar-refractivity contribution in [2.75, 3.05) is 5.32 Å². The second-order valence-electron chi connectivity index (χ2n) is 6.35. The molecule has 2 aromatic rings. The lowest BCUT2D eigenvalue weighted by atomic mass is 9.86. The van der Waals surface area contributed by atoms with Crippen LogP contribution in [0.25, 0.3) is 0 Å². The van der Waals surface area contributed by atoms with Crippen LogP contribution in [0.4, 0.5) is 5.69 Å². The highest BCUT2D eigenvalue weighted by Crippen LogP contribution is 2.24. The number of nitrogens with one attached hydrogen (secondary N) is 2. The highest BCUT2D eigenvalue weighted by Gasteiger charge is 2.19. The molecule has 0 unspecified atom stereocenters. The molecule has 2 N–H and O–H groups in total. The van der Waals surface area contributed by atoms with Crippen molar-refractivity contribution in [2.45, 2.75) is 25.8 Å². The first-order valence-electron chi connectivity index (χ1n) is 8.18. The van der Waals surface area contributed by atoms with E-state index in [-0.39, 0.29) is 18.4 Å². The van der Waals surface area contributed by atoms with Crippen molar-refractivity contribution in [1.29, 1.82) is 5.26 Å². The van der Waals surface area contributed by atoms with Crippen LogP contribution < -0.4 is 10.6 Å². The summed E-state index contributed by atoms with van der Waals surface area (Å²) in [6.07, 6.45) is 1.19. The number of amides is 2. The number of nitrogens with zero attached hydrogens (tertiary/aromatic N) is 1. The van der Waals surface area contributed by atoms with Crippen LogP contribution >= 0.6 is 0 Å². The van der Waals surface area contributed by atoms with Gasteiger partial charge in [-0.1, -0.05) is 36.9 Å². The molecule has 0 aliphatic heterocycles. The molecule has 2 amide bonds. The summed E-state index contributed by atoms with van der Waals surface area (Å²) in [5, 5.41) is 14.7. The molecule has 26 heavy (non-hydrogen) atoms. The van der Waals surface area contributed by atoms with Crippen LogP contribution in [0.15, 0.2) is 61.2 Å². The normalized spacial score (nSPS) is 10.5. The maximum atomic E-state index is 12.6. The predicted molar refractivity (Wildman–Crippen MR) is 102 cm³/mol. The molecule has 0 heterocycles. The van der Waals surface area contributed by atoms with Gasteiger partial charge in [0.25, 0.3) is 5.91 Å². The van der Waals surface area contributed by atoms with E-state index in [1.165, 1.54) is 6.08 Å². The maximum Gasteiger partial charge on any atom is 0.256 e. The first-order chi connectivity index (χ1) is 12.4. The van der Waals surface area contributed by atoms with E-state index in [9.17, 15) is 14.9 Å². The summed E-state index contributed by atoms with van der Waals surface area (Å²) in [6, 6.07) is 16.5. The zero-order chi connectivity index (χ0) is 19.2. The van der Waals surface area contributed by atoms with Crippen molar-refractivity contribution in [3.8, 4) is 6.07 Å². The van der Waals surface area contributed by atoms with Crippen LogP contribution in [-0.4, -0.2) is 11.8 Å². The first-order valence-corrected chi connectivity index (χ1v) is 8.18. The Morgan fingerprint density at radius 1 is 1.15 bits per heavy atom. The zero-order valence-electron chi connectivity index (χ0n) is 14.9. The molecular weight excluding hydrogens is 326 g/mol. The van der Waals surface area contributed by atoms with E-state index in [1.54, 1.807) is 30.3 Å². The molecule has 0 bridgehead atoms. The molecule has 2 rings (SSSR count). The molecule has 0 fully saturated rings. The Morgan fingerprint density at radius 3 is 2.42 bits per heavy atom. The smallest absolute Gasteiger partial charge is 0.256 e. The molecule has 2 aromatic carbocycles. The van der Waals surface area contributed by atoms with Crippen molar-refractivity contribution in [3.63, 3.8) is 0 Å². The topological polar surface area (TPSA) is 82.0 Å². The van der Waals surface area contributed by atoms with Crippen LogP contribution in [0.3, 0.4) is 0 Å². The van der Waals surface area contributed by atoms with E-state index in [0.29, 0.717) is 16.8 Å². The molecule has 0 spiro atoms. The molecule has 0 saturated heterocycles. The minimum Gasteiger partial charge on any atom is -0.348 e. The van der Waals surface area contributed by atoms with Gasteiger partial charge in [0, 0.05) is 17.8 Å². The molecule has 0 atom stereocenters. The summed E-state index contributed by atoms with van der Waals surface area (Å²) in [7, 11) is 0. The molecule has 5 heteroatoms. The second-order valence-corrected chi connectivity index (χ2v) is 6.35. The number of benzene rings is 2. The fourth-order valence-electron chi connectivity index (χ4n) is 2.38. The number of rotatable bonds is 6. The molecule has 5 nitrogen and oxygen atoms in total. The molecule has 0 aliphatic rings. The summed E-state index contributed by atoms with van der Waals surface area (Å²) < 4.78 is 0. The van der Waals surface area contributed by atoms with Crippen LogP contribution in [0, 0.1) is 11.3 Å². The van der Waals surface area contributed by atoms with Crippen LogP contribution in [0.5, 0.6) is 0 Å². The van der Waals surface area contributed by atoms with E-state index >= 15 is 0 Å². The minimum atomic E-state index is -0.585. The average molecular weight is 347 g/mol. The Bertz CT molecular complexity index is 862. The van der Waals surface area contributed by atoms with Gasteiger partial charge in [-0.15, -0.1) is 0 Å². The van der Waals surface area contributed by atoms with Crippen LogP contribution in [-0.2, 0) is 16.8 Å². The van der Waals surface area contributed by atoms with Crippen LogP contribution in [0.2, 0.25) is 0 Å². The van der Waals surface area contributed by atoms with Crippen LogP contribution in [0.1, 0.15) is 35.3 Å². The largest absolute Gasteiger partial charge is 0.348 e. The van der Waals surface area contributed by atoms with Crippen molar-refractivity contribution >= 4 is 17.5 Å². The molecule has 0 saturated carbocycles. The van der Waals surface area contributed by atoms with Gasteiger partial charge in [-0.2, -0.15) is 5.26 Å². The van der Waals surface area contributed by atoms with E-state index < -0.39 is 5.41 Å². The second kappa shape index (κ2) is 8.13. The highest BCUT2D eigenvalue weighted by atomic mass is 16.2. The van der Waals surface area contributed by atoms with Gasteiger partial charge in [-0.05, 0) is 49.2 Å². The monoisotopic (exact) mass is 347 g/mol. The van der Waals surface area contributed by atoms with Crippen molar-refractivity contribution in [3.05, 3.63) is 77.9 Å². The fourth-order valence-corrected chi connectivity index (χ4v) is 2.38. The van der Waals surface area contributed by atoms with E-state index in [0.717, 1.165) is 5.56 Å². The molecule has 132 valence electrons. The molecule has 0 radical (unpaired) electrons. The van der Waals surface area contributed by atoms with Gasteiger partial charge in [-0.25, -0.2) is 0 Å². The third-order valence-electron chi connectivity index (χ3n) is 4.04. The number of anilines is 1. The summed E-state index contributed by atoms with van der Waals surface area (Å²) in [4.78, 5) is 23.9. The SMILES string of the molecule is C=CC(=O)NCc1ccccc1C(=O)Nc1ccc(C(C)(C)C#N)cc1. The summed E-state index contributed by atoms with van der Waals surface area (Å²) in [5.74, 6) is -0.559. The molecule has 0 aliphatic carbocycles. The number of nitriles is 1. The van der Waals surface area contributed by atoms with Crippen molar-refractivity contribution in [1.82, 2.24) is 5.32 Å². The Balaban J connectivity index is 2.14. The Kier molecular flexibility index (Phi) is 5.92. The minimum absolute atomic E-state index is 0.240. The van der Waals surface area contributed by atoms with Gasteiger partial charge in [0.2, 0.25) is 5.91 Å². The lowest BCUT2D eigenvalue weighted by Gasteiger charge is -2.16. The van der Waals surface area contributed by atoms with Gasteiger partial charge in [0.15, 0.2) is 0 Å². The summed E-state index contributed by atoms with van der Waals surface area (Å²) in [5.41, 5.74) is 2.13. The lowest BCUT2D eigenvalue weighted by Crippen LogP contribution is -2.23.